The van der Waals surface area contributed by atoms with Crippen LogP contribution in [0.1, 0.15) is 41.8 Å². The lowest BCUT2D eigenvalue weighted by Gasteiger charge is -2.15. The lowest BCUT2D eigenvalue weighted by atomic mass is 10.2. The number of hydrogen-bond donors (Lipinski definition) is 2. The van der Waals surface area contributed by atoms with Crippen molar-refractivity contribution in [3.05, 3.63) is 46.9 Å². The average Bonchev–Trinajstić information content (AvgIpc) is 3.21. The number of carbonyl (C=O) groups excluding carboxylic acids is 1. The lowest BCUT2D eigenvalue weighted by Crippen LogP contribution is -2.12. The Morgan fingerprint density at radius 2 is 2.08 bits per heavy atom. The number of anilines is 1. The standard InChI is InChI=1S/C17H19ClN2O3.ClH/c18-15-8-12(5-6-16(15)23-13-3-1-2-4-13)20-17(21)11-7-14(9-19)22-10-11;/h5-8,10,13H,1-4,9,19H2,(H,20,21);1H. The quantitative estimate of drug-likeness (QED) is 0.817. The Hall–Kier alpha value is -1.69. The van der Waals surface area contributed by atoms with Gasteiger partial charge >= 0.3 is 0 Å². The van der Waals surface area contributed by atoms with Crippen LogP contribution >= 0.6 is 24.0 Å². The van der Waals surface area contributed by atoms with Crippen LogP contribution in [0.3, 0.4) is 0 Å². The molecule has 1 saturated carbocycles. The van der Waals surface area contributed by atoms with Gasteiger partial charge in [0.2, 0.25) is 0 Å². The first kappa shape index (κ1) is 18.6. The van der Waals surface area contributed by atoms with Crippen LogP contribution in [0.15, 0.2) is 34.9 Å². The van der Waals surface area contributed by atoms with Gasteiger partial charge in [0.05, 0.1) is 23.2 Å². The van der Waals surface area contributed by atoms with Gasteiger partial charge in [-0.3, -0.25) is 4.79 Å². The molecule has 24 heavy (non-hydrogen) atoms. The summed E-state index contributed by atoms with van der Waals surface area (Å²) >= 11 is 6.25. The van der Waals surface area contributed by atoms with Crippen molar-refractivity contribution in [3.63, 3.8) is 0 Å². The van der Waals surface area contributed by atoms with E-state index in [1.54, 1.807) is 24.3 Å². The van der Waals surface area contributed by atoms with Crippen molar-refractivity contribution < 1.29 is 13.9 Å². The van der Waals surface area contributed by atoms with Crippen molar-refractivity contribution in [1.82, 2.24) is 0 Å². The van der Waals surface area contributed by atoms with Gasteiger partial charge in [-0.1, -0.05) is 11.6 Å². The lowest BCUT2D eigenvalue weighted by molar-refractivity contribution is 0.102. The second-order valence-corrected chi connectivity index (χ2v) is 6.04. The van der Waals surface area contributed by atoms with E-state index in [-0.39, 0.29) is 31.0 Å². The molecule has 0 atom stereocenters. The van der Waals surface area contributed by atoms with Crippen molar-refractivity contribution in [3.8, 4) is 5.75 Å². The largest absolute Gasteiger partial charge is 0.489 e. The molecule has 5 nitrogen and oxygen atoms in total. The number of carbonyl (C=O) groups is 1. The summed E-state index contributed by atoms with van der Waals surface area (Å²) in [5, 5.41) is 3.27. The summed E-state index contributed by atoms with van der Waals surface area (Å²) in [6, 6.07) is 6.87. The van der Waals surface area contributed by atoms with Gasteiger partial charge in [0, 0.05) is 5.69 Å². The fourth-order valence-corrected chi connectivity index (χ4v) is 2.90. The Morgan fingerprint density at radius 3 is 2.71 bits per heavy atom. The average molecular weight is 371 g/mol. The predicted molar refractivity (Wildman–Crippen MR) is 96.1 cm³/mol. The molecule has 0 radical (unpaired) electrons. The molecule has 0 unspecified atom stereocenters. The van der Waals surface area contributed by atoms with Crippen molar-refractivity contribution in [1.29, 1.82) is 0 Å². The number of amides is 1. The first-order valence-electron chi connectivity index (χ1n) is 7.71. The summed E-state index contributed by atoms with van der Waals surface area (Å²) in [6.07, 6.45) is 6.17. The van der Waals surface area contributed by atoms with Gasteiger partial charge in [0.15, 0.2) is 0 Å². The number of halogens is 2. The van der Waals surface area contributed by atoms with E-state index in [9.17, 15) is 4.79 Å². The van der Waals surface area contributed by atoms with E-state index in [1.165, 1.54) is 19.1 Å². The molecule has 1 heterocycles. The summed E-state index contributed by atoms with van der Waals surface area (Å²) < 4.78 is 11.1. The van der Waals surface area contributed by atoms with Gasteiger partial charge in [-0.2, -0.15) is 0 Å². The van der Waals surface area contributed by atoms with Crippen LogP contribution in [0.25, 0.3) is 0 Å². The second kappa shape index (κ2) is 8.42. The van der Waals surface area contributed by atoms with Crippen molar-refractivity contribution in [2.24, 2.45) is 5.73 Å². The summed E-state index contributed by atoms with van der Waals surface area (Å²) in [5.41, 5.74) is 6.49. The maximum absolute atomic E-state index is 12.1. The van der Waals surface area contributed by atoms with E-state index in [4.69, 9.17) is 26.5 Å². The zero-order chi connectivity index (χ0) is 16.2. The summed E-state index contributed by atoms with van der Waals surface area (Å²) in [6.45, 7) is 0.256. The third-order valence-electron chi connectivity index (χ3n) is 3.90. The van der Waals surface area contributed by atoms with E-state index >= 15 is 0 Å². The van der Waals surface area contributed by atoms with Gasteiger partial charge < -0.3 is 20.2 Å². The molecule has 2 aromatic rings. The maximum atomic E-state index is 12.1. The van der Waals surface area contributed by atoms with Gasteiger partial charge in [-0.15, -0.1) is 12.4 Å². The molecule has 3 N–H and O–H groups in total. The van der Waals surface area contributed by atoms with Crippen LogP contribution in [0.5, 0.6) is 5.75 Å². The fourth-order valence-electron chi connectivity index (χ4n) is 2.67. The summed E-state index contributed by atoms with van der Waals surface area (Å²) in [4.78, 5) is 12.1. The van der Waals surface area contributed by atoms with Crippen LogP contribution in [-0.2, 0) is 6.54 Å². The second-order valence-electron chi connectivity index (χ2n) is 5.63. The molecule has 0 bridgehead atoms. The van der Waals surface area contributed by atoms with Gasteiger partial charge in [0.1, 0.15) is 17.8 Å². The number of nitrogens with one attached hydrogen (secondary N) is 1. The van der Waals surface area contributed by atoms with Crippen LogP contribution in [0, 0.1) is 0 Å². The first-order chi connectivity index (χ1) is 11.2. The molecule has 1 aliphatic rings. The predicted octanol–water partition coefficient (Wildman–Crippen LogP) is 4.39. The molecular weight excluding hydrogens is 351 g/mol. The minimum absolute atomic E-state index is 0. The zero-order valence-corrected chi connectivity index (χ0v) is 14.7. The Balaban J connectivity index is 0.00000208. The van der Waals surface area contributed by atoms with Crippen LogP contribution in [0.2, 0.25) is 5.02 Å². The topological polar surface area (TPSA) is 77.5 Å². The number of furan rings is 1. The number of ether oxygens (including phenoxy) is 1. The Bertz CT molecular complexity index is 697. The normalized spacial score (nSPS) is 14.2. The monoisotopic (exact) mass is 370 g/mol. The Labute approximate surface area is 151 Å². The van der Waals surface area contributed by atoms with Gasteiger partial charge in [0.25, 0.3) is 5.91 Å². The van der Waals surface area contributed by atoms with Gasteiger partial charge in [-0.25, -0.2) is 0 Å². The van der Waals surface area contributed by atoms with E-state index in [2.05, 4.69) is 5.32 Å². The third kappa shape index (κ3) is 4.44. The number of rotatable bonds is 5. The van der Waals surface area contributed by atoms with E-state index in [1.807, 2.05) is 0 Å². The highest BCUT2D eigenvalue weighted by Gasteiger charge is 2.18. The Kier molecular flexibility index (Phi) is 6.54. The molecule has 1 amide bonds. The molecule has 1 aromatic carbocycles. The minimum atomic E-state index is -0.269. The molecule has 0 saturated heterocycles. The molecule has 1 aliphatic carbocycles. The number of benzene rings is 1. The van der Waals surface area contributed by atoms with Crippen LogP contribution in [-0.4, -0.2) is 12.0 Å². The number of hydrogen-bond acceptors (Lipinski definition) is 4. The first-order valence-corrected chi connectivity index (χ1v) is 8.08. The van der Waals surface area contributed by atoms with E-state index < -0.39 is 0 Å². The minimum Gasteiger partial charge on any atom is -0.489 e. The summed E-state index contributed by atoms with van der Waals surface area (Å²) in [5.74, 6) is 0.952. The zero-order valence-electron chi connectivity index (χ0n) is 13.1. The van der Waals surface area contributed by atoms with E-state index in [0.717, 1.165) is 12.8 Å². The molecule has 3 rings (SSSR count). The summed E-state index contributed by atoms with van der Waals surface area (Å²) in [7, 11) is 0. The van der Waals surface area contributed by atoms with Crippen LogP contribution in [0.4, 0.5) is 5.69 Å². The maximum Gasteiger partial charge on any atom is 0.258 e. The SMILES string of the molecule is Cl.NCc1cc(C(=O)Nc2ccc(OC3CCCC3)c(Cl)c2)co1. The molecule has 1 fully saturated rings. The third-order valence-corrected chi connectivity index (χ3v) is 4.20. The van der Waals surface area contributed by atoms with E-state index in [0.29, 0.717) is 27.8 Å². The molecule has 7 heteroatoms. The van der Waals surface area contributed by atoms with Crippen molar-refractivity contribution >= 4 is 35.6 Å². The molecular formula is C17H20Cl2N2O3. The van der Waals surface area contributed by atoms with Crippen molar-refractivity contribution in [2.75, 3.05) is 5.32 Å². The molecule has 1 aromatic heterocycles. The van der Waals surface area contributed by atoms with Crippen molar-refractivity contribution in [2.45, 2.75) is 38.3 Å². The highest BCUT2D eigenvalue weighted by Crippen LogP contribution is 2.31. The number of nitrogens with two attached hydrogens (primary N) is 1. The van der Waals surface area contributed by atoms with Gasteiger partial charge in [-0.05, 0) is 49.9 Å². The smallest absolute Gasteiger partial charge is 0.258 e. The molecule has 0 spiro atoms. The molecule has 0 aliphatic heterocycles. The Morgan fingerprint density at radius 1 is 1.33 bits per heavy atom. The highest BCUT2D eigenvalue weighted by molar-refractivity contribution is 6.32. The highest BCUT2D eigenvalue weighted by atomic mass is 35.5. The molecule has 130 valence electrons. The van der Waals surface area contributed by atoms with Crippen LogP contribution < -0.4 is 15.8 Å². The fraction of sp³-hybridized carbons (Fsp3) is 0.353.